The Hall–Kier alpha value is -0.420. The molecule has 1 fully saturated rings. The minimum atomic E-state index is 0.0109. The fourth-order valence-electron chi connectivity index (χ4n) is 2.50. The van der Waals surface area contributed by atoms with Crippen molar-refractivity contribution in [3.63, 3.8) is 0 Å². The van der Waals surface area contributed by atoms with E-state index >= 15 is 0 Å². The molecule has 0 heterocycles. The van der Waals surface area contributed by atoms with E-state index in [1.165, 1.54) is 0 Å². The predicted octanol–water partition coefficient (Wildman–Crippen LogP) is 3.49. The van der Waals surface area contributed by atoms with Gasteiger partial charge in [0.2, 0.25) is 0 Å². The Morgan fingerprint density at radius 3 is 2.65 bits per heavy atom. The molecule has 1 aromatic carbocycles. The van der Waals surface area contributed by atoms with Gasteiger partial charge in [-0.15, -0.1) is 0 Å². The SMILES string of the molecule is CO[C@H]1CCC[C@@H](I)[C@@H]1C(=O)c1ccccc1. The molecular formula is C14H17IO2. The number of rotatable bonds is 3. The summed E-state index contributed by atoms with van der Waals surface area (Å²) >= 11 is 2.40. The van der Waals surface area contributed by atoms with Crippen LogP contribution in [0, 0.1) is 5.92 Å². The van der Waals surface area contributed by atoms with Crippen molar-refractivity contribution in [1.29, 1.82) is 0 Å². The van der Waals surface area contributed by atoms with E-state index in [0.29, 0.717) is 3.92 Å². The number of halogens is 1. The lowest BCUT2D eigenvalue weighted by atomic mass is 9.81. The fraction of sp³-hybridized carbons (Fsp3) is 0.500. The summed E-state index contributed by atoms with van der Waals surface area (Å²) in [5.74, 6) is 0.244. The van der Waals surface area contributed by atoms with Gasteiger partial charge in [0.05, 0.1) is 12.0 Å². The summed E-state index contributed by atoms with van der Waals surface area (Å²) in [6, 6.07) is 9.56. The fourth-order valence-corrected chi connectivity index (χ4v) is 3.73. The molecule has 3 atom stereocenters. The highest BCUT2D eigenvalue weighted by Gasteiger charge is 2.37. The van der Waals surface area contributed by atoms with E-state index in [0.717, 1.165) is 24.8 Å². The number of carbonyl (C=O) groups is 1. The predicted molar refractivity (Wildman–Crippen MR) is 76.7 cm³/mol. The van der Waals surface area contributed by atoms with Crippen molar-refractivity contribution in [3.05, 3.63) is 35.9 Å². The van der Waals surface area contributed by atoms with Crippen LogP contribution in [0.15, 0.2) is 30.3 Å². The van der Waals surface area contributed by atoms with Gasteiger partial charge in [-0.05, 0) is 19.3 Å². The number of Topliss-reactive ketones (excluding diaryl/α,β-unsaturated/α-hetero) is 1. The Morgan fingerprint density at radius 2 is 2.00 bits per heavy atom. The van der Waals surface area contributed by atoms with Crippen molar-refractivity contribution >= 4 is 28.4 Å². The van der Waals surface area contributed by atoms with Gasteiger partial charge >= 0.3 is 0 Å². The first-order valence-electron chi connectivity index (χ1n) is 6.00. The van der Waals surface area contributed by atoms with Crippen LogP contribution in [0.5, 0.6) is 0 Å². The van der Waals surface area contributed by atoms with Gasteiger partial charge in [-0.1, -0.05) is 52.9 Å². The first-order chi connectivity index (χ1) is 8.24. The van der Waals surface area contributed by atoms with Gasteiger partial charge in [-0.3, -0.25) is 4.79 Å². The third kappa shape index (κ3) is 2.88. The van der Waals surface area contributed by atoms with Crippen LogP contribution in [0.25, 0.3) is 0 Å². The van der Waals surface area contributed by atoms with Crippen molar-refractivity contribution in [1.82, 2.24) is 0 Å². The Bertz CT molecular complexity index is 377. The maximum atomic E-state index is 12.5. The number of hydrogen-bond donors (Lipinski definition) is 0. The second kappa shape index (κ2) is 5.96. The average Bonchev–Trinajstić information content (AvgIpc) is 2.38. The van der Waals surface area contributed by atoms with Gasteiger partial charge in [-0.2, -0.15) is 0 Å². The molecule has 0 unspecified atom stereocenters. The third-order valence-corrected chi connectivity index (χ3v) is 4.82. The van der Waals surface area contributed by atoms with Crippen LogP contribution in [0.2, 0.25) is 0 Å². The zero-order valence-electron chi connectivity index (χ0n) is 9.93. The van der Waals surface area contributed by atoms with Gasteiger partial charge in [0.15, 0.2) is 5.78 Å². The summed E-state index contributed by atoms with van der Waals surface area (Å²) in [6.45, 7) is 0. The molecule has 0 radical (unpaired) electrons. The molecule has 0 bridgehead atoms. The highest BCUT2D eigenvalue weighted by Crippen LogP contribution is 2.34. The molecule has 17 heavy (non-hydrogen) atoms. The third-order valence-electron chi connectivity index (χ3n) is 3.42. The first kappa shape index (κ1) is 13.0. The molecule has 1 aliphatic carbocycles. The van der Waals surface area contributed by atoms with Crippen LogP contribution in [-0.2, 0) is 4.74 Å². The maximum Gasteiger partial charge on any atom is 0.169 e. The van der Waals surface area contributed by atoms with Gasteiger partial charge in [-0.25, -0.2) is 0 Å². The van der Waals surface area contributed by atoms with Crippen molar-refractivity contribution in [2.75, 3.05) is 7.11 Å². The second-order valence-corrected chi connectivity index (χ2v) is 6.08. The Balaban J connectivity index is 2.21. The molecule has 1 aliphatic rings. The summed E-state index contributed by atoms with van der Waals surface area (Å²) < 4.78 is 5.88. The monoisotopic (exact) mass is 344 g/mol. The molecule has 1 saturated carbocycles. The number of ether oxygens (including phenoxy) is 1. The van der Waals surface area contributed by atoms with Crippen molar-refractivity contribution in [3.8, 4) is 0 Å². The molecule has 2 rings (SSSR count). The Labute approximate surface area is 116 Å². The van der Waals surface area contributed by atoms with Crippen molar-refractivity contribution in [2.24, 2.45) is 5.92 Å². The standard InChI is InChI=1S/C14H17IO2/c1-17-12-9-5-8-11(15)13(12)14(16)10-6-3-2-4-7-10/h2-4,6-7,11-13H,5,8-9H2,1H3/t11-,12+,13+/m1/s1. The molecule has 2 nitrogen and oxygen atoms in total. The topological polar surface area (TPSA) is 26.3 Å². The van der Waals surface area contributed by atoms with Gasteiger partial charge in [0.1, 0.15) is 0 Å². The van der Waals surface area contributed by atoms with E-state index in [4.69, 9.17) is 4.74 Å². The molecule has 0 aliphatic heterocycles. The zero-order valence-corrected chi connectivity index (χ0v) is 12.1. The van der Waals surface area contributed by atoms with Crippen LogP contribution < -0.4 is 0 Å². The molecule has 0 saturated heterocycles. The van der Waals surface area contributed by atoms with Gasteiger partial charge in [0.25, 0.3) is 0 Å². The van der Waals surface area contributed by atoms with Crippen molar-refractivity contribution in [2.45, 2.75) is 29.3 Å². The molecule has 0 N–H and O–H groups in total. The number of hydrogen-bond acceptors (Lipinski definition) is 2. The van der Waals surface area contributed by atoms with E-state index < -0.39 is 0 Å². The van der Waals surface area contributed by atoms with Crippen LogP contribution in [0.1, 0.15) is 29.6 Å². The van der Waals surface area contributed by atoms with E-state index in [-0.39, 0.29) is 17.8 Å². The summed E-state index contributed by atoms with van der Waals surface area (Å²) in [5, 5.41) is 0. The number of carbonyl (C=O) groups excluding carboxylic acids is 1. The number of alkyl halides is 1. The largest absolute Gasteiger partial charge is 0.381 e. The van der Waals surface area contributed by atoms with Gasteiger partial charge < -0.3 is 4.74 Å². The van der Waals surface area contributed by atoms with E-state index in [1.807, 2.05) is 30.3 Å². The lowest BCUT2D eigenvalue weighted by Crippen LogP contribution is -2.39. The number of methoxy groups -OCH3 is 1. The highest BCUT2D eigenvalue weighted by molar-refractivity contribution is 14.1. The summed E-state index contributed by atoms with van der Waals surface area (Å²) in [4.78, 5) is 12.5. The molecule has 1 aromatic rings. The van der Waals surface area contributed by atoms with Crippen LogP contribution in [0.3, 0.4) is 0 Å². The highest BCUT2D eigenvalue weighted by atomic mass is 127. The molecule has 0 aromatic heterocycles. The molecule has 0 amide bonds. The van der Waals surface area contributed by atoms with Crippen molar-refractivity contribution < 1.29 is 9.53 Å². The number of benzene rings is 1. The summed E-state index contributed by atoms with van der Waals surface area (Å²) in [7, 11) is 1.71. The molecule has 0 spiro atoms. The van der Waals surface area contributed by atoms with Gasteiger partial charge in [0, 0.05) is 16.6 Å². The zero-order chi connectivity index (χ0) is 12.3. The smallest absolute Gasteiger partial charge is 0.169 e. The molecule has 3 heteroatoms. The average molecular weight is 344 g/mol. The Morgan fingerprint density at radius 1 is 1.29 bits per heavy atom. The molecule has 92 valence electrons. The lowest BCUT2D eigenvalue weighted by molar-refractivity contribution is 0.0280. The Kier molecular flexibility index (Phi) is 4.56. The lowest BCUT2D eigenvalue weighted by Gasteiger charge is -2.33. The number of ketones is 1. The summed E-state index contributed by atoms with van der Waals surface area (Å²) in [6.07, 6.45) is 3.35. The maximum absolute atomic E-state index is 12.5. The van der Waals surface area contributed by atoms with Crippen LogP contribution >= 0.6 is 22.6 Å². The minimum absolute atomic E-state index is 0.0109. The van der Waals surface area contributed by atoms with E-state index in [9.17, 15) is 4.79 Å². The quantitative estimate of drug-likeness (QED) is 0.477. The first-order valence-corrected chi connectivity index (χ1v) is 7.24. The normalized spacial score (nSPS) is 28.9. The molecular weight excluding hydrogens is 327 g/mol. The van der Waals surface area contributed by atoms with E-state index in [2.05, 4.69) is 22.6 Å². The van der Waals surface area contributed by atoms with Crippen LogP contribution in [0.4, 0.5) is 0 Å². The minimum Gasteiger partial charge on any atom is -0.381 e. The van der Waals surface area contributed by atoms with Crippen LogP contribution in [-0.4, -0.2) is 22.9 Å². The second-order valence-electron chi connectivity index (χ2n) is 4.48. The van der Waals surface area contributed by atoms with E-state index in [1.54, 1.807) is 7.11 Å². The summed E-state index contributed by atoms with van der Waals surface area (Å²) in [5.41, 5.74) is 0.808.